The molecule has 0 fully saturated rings. The standard InChI is InChI=1S/C19H19BrF3N5O/c1-3-16(28-11-15(20)9-24-28)18(29)25-17-7-12(2)27(26-17)10-13-5-4-6-14(8-13)19(21,22)23/h4-9,11,16H,3,10H2,1-2H3,(H,25,26,29). The molecule has 154 valence electrons. The Labute approximate surface area is 173 Å². The number of hydrogen-bond donors (Lipinski definition) is 1. The van der Waals surface area contributed by atoms with Crippen LogP contribution in [0.5, 0.6) is 0 Å². The summed E-state index contributed by atoms with van der Waals surface area (Å²) >= 11 is 3.31. The van der Waals surface area contributed by atoms with Crippen LogP contribution in [0, 0.1) is 6.92 Å². The number of rotatable bonds is 6. The van der Waals surface area contributed by atoms with Gasteiger partial charge >= 0.3 is 6.18 Å². The third-order valence-electron chi connectivity index (χ3n) is 4.40. The molecular formula is C19H19BrF3N5O. The molecule has 0 spiro atoms. The minimum Gasteiger partial charge on any atom is -0.307 e. The Morgan fingerprint density at radius 2 is 2.07 bits per heavy atom. The molecule has 1 unspecified atom stereocenters. The van der Waals surface area contributed by atoms with E-state index in [1.165, 1.54) is 6.07 Å². The number of amides is 1. The molecule has 0 saturated carbocycles. The first-order valence-electron chi connectivity index (χ1n) is 8.88. The van der Waals surface area contributed by atoms with E-state index in [2.05, 4.69) is 31.4 Å². The van der Waals surface area contributed by atoms with Gasteiger partial charge in [0.05, 0.1) is 22.8 Å². The number of aryl methyl sites for hydroxylation is 1. The van der Waals surface area contributed by atoms with Crippen LogP contribution in [0.4, 0.5) is 19.0 Å². The molecule has 2 aromatic heterocycles. The second-order valence-electron chi connectivity index (χ2n) is 6.58. The quantitative estimate of drug-likeness (QED) is 0.563. The molecular weight excluding hydrogens is 451 g/mol. The highest BCUT2D eigenvalue weighted by atomic mass is 79.9. The summed E-state index contributed by atoms with van der Waals surface area (Å²) < 4.78 is 42.6. The number of hydrogen-bond acceptors (Lipinski definition) is 3. The fourth-order valence-corrected chi connectivity index (χ4v) is 3.24. The predicted molar refractivity (Wildman–Crippen MR) is 105 cm³/mol. The lowest BCUT2D eigenvalue weighted by Gasteiger charge is -2.14. The van der Waals surface area contributed by atoms with Crippen molar-refractivity contribution in [3.63, 3.8) is 0 Å². The second-order valence-corrected chi connectivity index (χ2v) is 7.49. The van der Waals surface area contributed by atoms with E-state index in [1.54, 1.807) is 40.8 Å². The summed E-state index contributed by atoms with van der Waals surface area (Å²) in [6, 6.07) is 6.28. The normalized spacial score (nSPS) is 12.8. The van der Waals surface area contributed by atoms with E-state index >= 15 is 0 Å². The summed E-state index contributed by atoms with van der Waals surface area (Å²) in [5.74, 6) is 0.0657. The van der Waals surface area contributed by atoms with Crippen molar-refractivity contribution in [1.29, 1.82) is 0 Å². The summed E-state index contributed by atoms with van der Waals surface area (Å²) in [7, 11) is 0. The average molecular weight is 470 g/mol. The molecule has 3 rings (SSSR count). The summed E-state index contributed by atoms with van der Waals surface area (Å²) in [6.07, 6.45) is -0.552. The fourth-order valence-electron chi connectivity index (χ4n) is 2.94. The zero-order valence-electron chi connectivity index (χ0n) is 15.7. The third kappa shape index (κ3) is 5.06. The molecule has 0 radical (unpaired) electrons. The molecule has 1 amide bonds. The number of anilines is 1. The maximum atomic E-state index is 12.9. The molecule has 1 N–H and O–H groups in total. The number of carbonyl (C=O) groups is 1. The van der Waals surface area contributed by atoms with Gasteiger partial charge in [-0.25, -0.2) is 0 Å². The van der Waals surface area contributed by atoms with Crippen molar-refractivity contribution in [2.45, 2.75) is 39.0 Å². The lowest BCUT2D eigenvalue weighted by atomic mass is 10.1. The van der Waals surface area contributed by atoms with E-state index in [4.69, 9.17) is 0 Å². The second kappa shape index (κ2) is 8.40. The zero-order chi connectivity index (χ0) is 21.2. The lowest BCUT2D eigenvalue weighted by Crippen LogP contribution is -2.26. The molecule has 1 aromatic carbocycles. The van der Waals surface area contributed by atoms with E-state index in [0.29, 0.717) is 23.5 Å². The number of alkyl halides is 3. The van der Waals surface area contributed by atoms with Crippen LogP contribution in [-0.2, 0) is 17.5 Å². The van der Waals surface area contributed by atoms with Crippen LogP contribution in [-0.4, -0.2) is 25.5 Å². The van der Waals surface area contributed by atoms with Gasteiger partial charge in [-0.3, -0.25) is 14.2 Å². The monoisotopic (exact) mass is 469 g/mol. The van der Waals surface area contributed by atoms with Gasteiger partial charge in [0, 0.05) is 18.0 Å². The van der Waals surface area contributed by atoms with Crippen molar-refractivity contribution in [3.8, 4) is 0 Å². The van der Waals surface area contributed by atoms with E-state index in [-0.39, 0.29) is 12.5 Å². The highest BCUT2D eigenvalue weighted by Crippen LogP contribution is 2.29. The van der Waals surface area contributed by atoms with Crippen LogP contribution >= 0.6 is 15.9 Å². The molecule has 29 heavy (non-hydrogen) atoms. The van der Waals surface area contributed by atoms with Crippen LogP contribution < -0.4 is 5.32 Å². The van der Waals surface area contributed by atoms with Crippen molar-refractivity contribution < 1.29 is 18.0 Å². The van der Waals surface area contributed by atoms with Gasteiger partial charge in [-0.2, -0.15) is 23.4 Å². The van der Waals surface area contributed by atoms with Gasteiger partial charge in [-0.15, -0.1) is 0 Å². The molecule has 1 atom stereocenters. The summed E-state index contributed by atoms with van der Waals surface area (Å²) in [4.78, 5) is 12.6. The molecule has 6 nitrogen and oxygen atoms in total. The van der Waals surface area contributed by atoms with Gasteiger partial charge in [0.15, 0.2) is 5.82 Å². The molecule has 0 bridgehead atoms. The average Bonchev–Trinajstić information content (AvgIpc) is 3.21. The van der Waals surface area contributed by atoms with Gasteiger partial charge < -0.3 is 5.32 Å². The van der Waals surface area contributed by atoms with Gasteiger partial charge in [0.25, 0.3) is 0 Å². The Balaban J connectivity index is 1.74. The van der Waals surface area contributed by atoms with E-state index in [9.17, 15) is 18.0 Å². The minimum atomic E-state index is -4.40. The van der Waals surface area contributed by atoms with Crippen LogP contribution in [0.1, 0.15) is 36.2 Å². The zero-order valence-corrected chi connectivity index (χ0v) is 17.3. The maximum Gasteiger partial charge on any atom is 0.416 e. The first-order chi connectivity index (χ1) is 13.7. The van der Waals surface area contributed by atoms with Crippen LogP contribution in [0.2, 0.25) is 0 Å². The molecule has 10 heteroatoms. The Morgan fingerprint density at radius 3 is 2.69 bits per heavy atom. The minimum absolute atomic E-state index is 0.162. The first-order valence-corrected chi connectivity index (χ1v) is 9.67. The van der Waals surface area contributed by atoms with Gasteiger partial charge in [-0.05, 0) is 47.0 Å². The summed E-state index contributed by atoms with van der Waals surface area (Å²) in [5, 5.41) is 11.2. The van der Waals surface area contributed by atoms with Crippen molar-refractivity contribution in [2.75, 3.05) is 5.32 Å². The molecule has 0 aliphatic carbocycles. The number of halogens is 4. The van der Waals surface area contributed by atoms with Gasteiger partial charge in [0.1, 0.15) is 6.04 Å². The number of benzene rings is 1. The van der Waals surface area contributed by atoms with Crippen LogP contribution in [0.3, 0.4) is 0 Å². The number of carbonyl (C=O) groups excluding carboxylic acids is 1. The van der Waals surface area contributed by atoms with Gasteiger partial charge in [-0.1, -0.05) is 19.1 Å². The van der Waals surface area contributed by atoms with Gasteiger partial charge in [0.2, 0.25) is 5.91 Å². The summed E-state index contributed by atoms with van der Waals surface area (Å²) in [5.41, 5.74) is 0.480. The molecule has 0 aliphatic rings. The number of nitrogens with one attached hydrogen (secondary N) is 1. The Hall–Kier alpha value is -2.62. The van der Waals surface area contributed by atoms with Crippen molar-refractivity contribution in [1.82, 2.24) is 19.6 Å². The first kappa shape index (κ1) is 21.1. The van der Waals surface area contributed by atoms with E-state index < -0.39 is 17.8 Å². The Bertz CT molecular complexity index is 1010. The fraction of sp³-hybridized carbons (Fsp3) is 0.316. The Morgan fingerprint density at radius 1 is 1.31 bits per heavy atom. The molecule has 0 saturated heterocycles. The largest absolute Gasteiger partial charge is 0.416 e. The van der Waals surface area contributed by atoms with Crippen LogP contribution in [0.15, 0.2) is 47.2 Å². The maximum absolute atomic E-state index is 12.9. The summed E-state index contributed by atoms with van der Waals surface area (Å²) in [6.45, 7) is 3.81. The third-order valence-corrected chi connectivity index (χ3v) is 4.81. The Kier molecular flexibility index (Phi) is 6.11. The topological polar surface area (TPSA) is 64.7 Å². The SMILES string of the molecule is CCC(C(=O)Nc1cc(C)n(Cc2cccc(C(F)(F)F)c2)n1)n1cc(Br)cn1. The lowest BCUT2D eigenvalue weighted by molar-refractivity contribution is -0.137. The highest BCUT2D eigenvalue weighted by Gasteiger charge is 2.30. The highest BCUT2D eigenvalue weighted by molar-refractivity contribution is 9.10. The van der Waals surface area contributed by atoms with Crippen molar-refractivity contribution in [3.05, 3.63) is 64.0 Å². The predicted octanol–water partition coefficient (Wildman–Crippen LogP) is 4.81. The van der Waals surface area contributed by atoms with E-state index in [1.807, 2.05) is 6.92 Å². The smallest absolute Gasteiger partial charge is 0.307 e. The number of nitrogens with zero attached hydrogens (tertiary/aromatic N) is 4. The molecule has 2 heterocycles. The van der Waals surface area contributed by atoms with Crippen molar-refractivity contribution in [2.24, 2.45) is 0 Å². The van der Waals surface area contributed by atoms with Crippen molar-refractivity contribution >= 4 is 27.7 Å². The number of aromatic nitrogens is 4. The molecule has 3 aromatic rings. The molecule has 0 aliphatic heterocycles. The van der Waals surface area contributed by atoms with Crippen LogP contribution in [0.25, 0.3) is 0 Å². The van der Waals surface area contributed by atoms with E-state index in [0.717, 1.165) is 16.6 Å².